The number of nitrogens with one attached hydrogen (secondary N) is 1. The maximum absolute atomic E-state index is 11.6. The number of aryl methyl sites for hydroxylation is 1. The highest BCUT2D eigenvalue weighted by Gasteiger charge is 2.14. The molecule has 1 aliphatic heterocycles. The number of hydrogen-bond acceptors (Lipinski definition) is 1. The average molecular weight is 210 g/mol. The molecule has 1 aromatic carbocycles. The number of carbonyl (C=O) groups excluding carboxylic acids is 1. The lowest BCUT2D eigenvalue weighted by Gasteiger charge is -2.05. The number of carbonyl (C=O) groups is 1. The average Bonchev–Trinajstić information content (AvgIpc) is 2.40. The second kappa shape index (κ2) is 4.01. The molecule has 1 aliphatic rings. The van der Waals surface area contributed by atoms with Gasteiger partial charge in [0.1, 0.15) is 0 Å². The highest BCUT2D eigenvalue weighted by atomic mass is 35.5. The van der Waals surface area contributed by atoms with Crippen molar-refractivity contribution in [2.75, 3.05) is 6.54 Å². The van der Waals surface area contributed by atoms with Crippen LogP contribution in [0.5, 0.6) is 0 Å². The zero-order valence-corrected chi connectivity index (χ0v) is 8.60. The Balaban J connectivity index is 2.43. The second-order valence-electron chi connectivity index (χ2n) is 3.48. The topological polar surface area (TPSA) is 29.1 Å². The first kappa shape index (κ1) is 9.53. The zero-order valence-electron chi connectivity index (χ0n) is 7.85. The first-order chi connectivity index (χ1) is 6.81. The second-order valence-corrected chi connectivity index (χ2v) is 3.75. The van der Waals surface area contributed by atoms with Crippen molar-refractivity contribution in [3.63, 3.8) is 0 Å². The van der Waals surface area contributed by atoms with E-state index < -0.39 is 0 Å². The van der Waals surface area contributed by atoms with Gasteiger partial charge in [-0.15, -0.1) is 11.6 Å². The molecule has 0 fully saturated rings. The van der Waals surface area contributed by atoms with E-state index in [1.165, 1.54) is 0 Å². The maximum atomic E-state index is 11.6. The van der Waals surface area contributed by atoms with Gasteiger partial charge in [-0.3, -0.25) is 4.79 Å². The van der Waals surface area contributed by atoms with Crippen LogP contribution in [0.1, 0.15) is 27.9 Å². The Hall–Kier alpha value is -1.02. The Morgan fingerprint density at radius 1 is 1.43 bits per heavy atom. The van der Waals surface area contributed by atoms with Gasteiger partial charge in [-0.05, 0) is 30.0 Å². The number of hydrogen-bond donors (Lipinski definition) is 1. The summed E-state index contributed by atoms with van der Waals surface area (Å²) in [5, 5.41) is 2.87. The van der Waals surface area contributed by atoms with Gasteiger partial charge in [0.2, 0.25) is 0 Å². The summed E-state index contributed by atoms with van der Waals surface area (Å²) in [7, 11) is 0. The van der Waals surface area contributed by atoms with Crippen molar-refractivity contribution in [3.05, 3.63) is 34.9 Å². The molecule has 1 heterocycles. The minimum absolute atomic E-state index is 0.0404. The van der Waals surface area contributed by atoms with Crippen LogP contribution in [0.4, 0.5) is 0 Å². The Morgan fingerprint density at radius 2 is 2.29 bits per heavy atom. The molecule has 1 amide bonds. The van der Waals surface area contributed by atoms with Gasteiger partial charge >= 0.3 is 0 Å². The molecule has 1 N–H and O–H groups in total. The predicted octanol–water partition coefficient (Wildman–Crippen LogP) is 2.10. The molecule has 3 heteroatoms. The lowest BCUT2D eigenvalue weighted by atomic mass is 10.0. The molecule has 0 saturated heterocycles. The third-order valence-electron chi connectivity index (χ3n) is 2.48. The van der Waals surface area contributed by atoms with E-state index in [0.29, 0.717) is 5.88 Å². The van der Waals surface area contributed by atoms with Crippen molar-refractivity contribution in [2.24, 2.45) is 0 Å². The summed E-state index contributed by atoms with van der Waals surface area (Å²) in [6.07, 6.45) is 1.96. The summed E-state index contributed by atoms with van der Waals surface area (Å²) in [6, 6.07) is 5.82. The quantitative estimate of drug-likeness (QED) is 0.706. The van der Waals surface area contributed by atoms with Crippen LogP contribution in [0, 0.1) is 0 Å². The molecule has 0 spiro atoms. The Labute approximate surface area is 88.3 Å². The Kier molecular flexibility index (Phi) is 2.73. The fourth-order valence-electron chi connectivity index (χ4n) is 1.73. The molecule has 0 bridgehead atoms. The van der Waals surface area contributed by atoms with Crippen molar-refractivity contribution in [1.29, 1.82) is 0 Å². The third kappa shape index (κ3) is 1.75. The van der Waals surface area contributed by atoms with Gasteiger partial charge in [-0.25, -0.2) is 0 Å². The molecule has 0 unspecified atom stereocenters. The summed E-state index contributed by atoms with van der Waals surface area (Å²) in [5.74, 6) is 0.549. The molecule has 1 aromatic rings. The normalized spacial score (nSPS) is 15.6. The first-order valence-corrected chi connectivity index (χ1v) is 5.30. The lowest BCUT2D eigenvalue weighted by molar-refractivity contribution is 0.0956. The molecule has 0 saturated carbocycles. The molecule has 0 aliphatic carbocycles. The largest absolute Gasteiger partial charge is 0.352 e. The monoisotopic (exact) mass is 209 g/mol. The van der Waals surface area contributed by atoms with E-state index in [0.717, 1.165) is 36.1 Å². The molecule has 2 rings (SSSR count). The number of benzene rings is 1. The van der Waals surface area contributed by atoms with Crippen LogP contribution in [-0.2, 0) is 12.3 Å². The molecular formula is C11H12ClNO. The van der Waals surface area contributed by atoms with Crippen molar-refractivity contribution >= 4 is 17.5 Å². The minimum Gasteiger partial charge on any atom is -0.352 e. The summed E-state index contributed by atoms with van der Waals surface area (Å²) >= 11 is 5.75. The van der Waals surface area contributed by atoms with Crippen LogP contribution in [0.2, 0.25) is 0 Å². The van der Waals surface area contributed by atoms with E-state index in [-0.39, 0.29) is 5.91 Å². The van der Waals surface area contributed by atoms with Gasteiger partial charge in [0.05, 0.1) is 0 Å². The van der Waals surface area contributed by atoms with Crippen LogP contribution in [0.15, 0.2) is 18.2 Å². The fourth-order valence-corrected chi connectivity index (χ4v) is 1.90. The zero-order chi connectivity index (χ0) is 9.97. The summed E-state index contributed by atoms with van der Waals surface area (Å²) in [6.45, 7) is 0.768. The third-order valence-corrected chi connectivity index (χ3v) is 2.79. The Bertz CT molecular complexity index is 362. The van der Waals surface area contributed by atoms with E-state index in [4.69, 9.17) is 11.6 Å². The SMILES string of the molecule is O=C1NCCCc2cc(CCl)ccc21. The summed E-state index contributed by atoms with van der Waals surface area (Å²) < 4.78 is 0. The number of fused-ring (bicyclic) bond motifs is 1. The fraction of sp³-hybridized carbons (Fsp3) is 0.364. The van der Waals surface area contributed by atoms with Crippen molar-refractivity contribution in [3.8, 4) is 0 Å². The van der Waals surface area contributed by atoms with Gasteiger partial charge in [0.15, 0.2) is 0 Å². The van der Waals surface area contributed by atoms with E-state index in [1.807, 2.05) is 18.2 Å². The number of amides is 1. The highest BCUT2D eigenvalue weighted by Crippen LogP contribution is 2.17. The minimum atomic E-state index is 0.0404. The maximum Gasteiger partial charge on any atom is 0.251 e. The van der Waals surface area contributed by atoms with Crippen LogP contribution < -0.4 is 5.32 Å². The van der Waals surface area contributed by atoms with Crippen molar-refractivity contribution in [1.82, 2.24) is 5.32 Å². The van der Waals surface area contributed by atoms with Crippen LogP contribution in [0.3, 0.4) is 0 Å². The lowest BCUT2D eigenvalue weighted by Crippen LogP contribution is -2.22. The predicted molar refractivity (Wildman–Crippen MR) is 56.7 cm³/mol. The van der Waals surface area contributed by atoms with Crippen LogP contribution in [0.25, 0.3) is 0 Å². The molecule has 14 heavy (non-hydrogen) atoms. The van der Waals surface area contributed by atoms with Crippen LogP contribution in [-0.4, -0.2) is 12.5 Å². The number of halogens is 1. The van der Waals surface area contributed by atoms with E-state index in [1.54, 1.807) is 0 Å². The molecule has 74 valence electrons. The van der Waals surface area contributed by atoms with E-state index in [9.17, 15) is 4.79 Å². The number of alkyl halides is 1. The highest BCUT2D eigenvalue weighted by molar-refractivity contribution is 6.17. The van der Waals surface area contributed by atoms with Crippen molar-refractivity contribution in [2.45, 2.75) is 18.7 Å². The Morgan fingerprint density at radius 3 is 3.07 bits per heavy atom. The molecular weight excluding hydrogens is 198 g/mol. The van der Waals surface area contributed by atoms with Gasteiger partial charge in [-0.1, -0.05) is 12.1 Å². The molecule has 2 nitrogen and oxygen atoms in total. The smallest absolute Gasteiger partial charge is 0.251 e. The van der Waals surface area contributed by atoms with Gasteiger partial charge in [0, 0.05) is 18.0 Å². The first-order valence-electron chi connectivity index (χ1n) is 4.77. The number of rotatable bonds is 1. The van der Waals surface area contributed by atoms with E-state index in [2.05, 4.69) is 5.32 Å². The van der Waals surface area contributed by atoms with Gasteiger partial charge in [0.25, 0.3) is 5.91 Å². The molecule has 0 radical (unpaired) electrons. The van der Waals surface area contributed by atoms with Crippen molar-refractivity contribution < 1.29 is 4.79 Å². The summed E-state index contributed by atoms with van der Waals surface area (Å²) in [5.41, 5.74) is 3.01. The van der Waals surface area contributed by atoms with Crippen LogP contribution >= 0.6 is 11.6 Å². The standard InChI is InChI=1S/C11H12ClNO/c12-7-8-3-4-10-9(6-8)2-1-5-13-11(10)14/h3-4,6H,1-2,5,7H2,(H,13,14). The molecule has 0 aromatic heterocycles. The van der Waals surface area contributed by atoms with Gasteiger partial charge in [-0.2, -0.15) is 0 Å². The van der Waals surface area contributed by atoms with Gasteiger partial charge < -0.3 is 5.32 Å². The summed E-state index contributed by atoms with van der Waals surface area (Å²) in [4.78, 5) is 11.6. The van der Waals surface area contributed by atoms with E-state index >= 15 is 0 Å². The molecule has 0 atom stereocenters.